The Labute approximate surface area is 112 Å². The fraction of sp³-hybridized carbons (Fsp3) is 0.571. The first kappa shape index (κ1) is 13.7. The van der Waals surface area contributed by atoms with Crippen LogP contribution in [0.3, 0.4) is 0 Å². The summed E-state index contributed by atoms with van der Waals surface area (Å²) in [6.45, 7) is 0.759. The van der Waals surface area contributed by atoms with Crippen molar-refractivity contribution < 1.29 is 14.6 Å². The average molecular weight is 268 g/mol. The molecule has 0 spiro atoms. The number of hydrogen-bond donors (Lipinski definition) is 1. The summed E-state index contributed by atoms with van der Waals surface area (Å²) in [5.41, 5.74) is 1.22. The first-order valence-electron chi connectivity index (χ1n) is 6.30. The zero-order chi connectivity index (χ0) is 12.8. The number of benzene rings is 1. The Kier molecular flexibility index (Phi) is 5.35. The van der Waals surface area contributed by atoms with Gasteiger partial charge in [0.1, 0.15) is 5.75 Å². The standard InChI is InChI=1S/C14H20O3S/c1-16-12-5-2-11(3-6-12)4-7-13(15)14-10-18-9-8-17-14/h2-3,5-6,13-15H,4,7-10H2,1H3. The largest absolute Gasteiger partial charge is 0.497 e. The summed E-state index contributed by atoms with van der Waals surface area (Å²) < 4.78 is 10.7. The molecular formula is C14H20O3S. The van der Waals surface area contributed by atoms with Crippen molar-refractivity contribution in [2.24, 2.45) is 0 Å². The fourth-order valence-electron chi connectivity index (χ4n) is 2.02. The molecule has 1 heterocycles. The van der Waals surface area contributed by atoms with Gasteiger partial charge in [0.05, 0.1) is 25.9 Å². The van der Waals surface area contributed by atoms with Crippen molar-refractivity contribution in [2.75, 3.05) is 25.2 Å². The molecule has 1 aliphatic rings. The van der Waals surface area contributed by atoms with E-state index in [0.29, 0.717) is 0 Å². The van der Waals surface area contributed by atoms with Crippen LogP contribution in [-0.4, -0.2) is 42.5 Å². The number of ether oxygens (including phenoxy) is 2. The molecule has 0 bridgehead atoms. The highest BCUT2D eigenvalue weighted by Gasteiger charge is 2.22. The van der Waals surface area contributed by atoms with E-state index in [1.807, 2.05) is 36.0 Å². The SMILES string of the molecule is COc1ccc(CCC(O)C2CSCCO2)cc1. The van der Waals surface area contributed by atoms with Gasteiger partial charge >= 0.3 is 0 Å². The van der Waals surface area contributed by atoms with Crippen LogP contribution in [0.5, 0.6) is 5.75 Å². The Morgan fingerprint density at radius 2 is 2.22 bits per heavy atom. The predicted octanol–water partition coefficient (Wildman–Crippen LogP) is 2.12. The van der Waals surface area contributed by atoms with Crippen LogP contribution >= 0.6 is 11.8 Å². The number of aryl methyl sites for hydroxylation is 1. The van der Waals surface area contributed by atoms with Gasteiger partial charge in [0.25, 0.3) is 0 Å². The number of thioether (sulfide) groups is 1. The van der Waals surface area contributed by atoms with Crippen molar-refractivity contribution >= 4 is 11.8 Å². The quantitative estimate of drug-likeness (QED) is 0.888. The van der Waals surface area contributed by atoms with Gasteiger partial charge in [0.15, 0.2) is 0 Å². The zero-order valence-electron chi connectivity index (χ0n) is 10.7. The van der Waals surface area contributed by atoms with E-state index in [1.165, 1.54) is 5.56 Å². The minimum absolute atomic E-state index is 0.00185. The van der Waals surface area contributed by atoms with Crippen LogP contribution < -0.4 is 4.74 Å². The molecule has 1 aliphatic heterocycles. The van der Waals surface area contributed by atoms with Crippen LogP contribution in [0, 0.1) is 0 Å². The van der Waals surface area contributed by atoms with Crippen LogP contribution in [-0.2, 0) is 11.2 Å². The van der Waals surface area contributed by atoms with Crippen LogP contribution in [0.2, 0.25) is 0 Å². The maximum absolute atomic E-state index is 10.1. The van der Waals surface area contributed by atoms with Gasteiger partial charge in [-0.1, -0.05) is 12.1 Å². The van der Waals surface area contributed by atoms with Crippen LogP contribution in [0.4, 0.5) is 0 Å². The molecule has 18 heavy (non-hydrogen) atoms. The first-order valence-corrected chi connectivity index (χ1v) is 7.45. The summed E-state index contributed by atoms with van der Waals surface area (Å²) in [4.78, 5) is 0. The zero-order valence-corrected chi connectivity index (χ0v) is 11.5. The van der Waals surface area contributed by atoms with Gasteiger partial charge in [-0.15, -0.1) is 0 Å². The monoisotopic (exact) mass is 268 g/mol. The average Bonchev–Trinajstić information content (AvgIpc) is 2.46. The molecule has 3 nitrogen and oxygen atoms in total. The molecule has 1 saturated heterocycles. The summed E-state index contributed by atoms with van der Waals surface area (Å²) >= 11 is 1.86. The normalized spacial score (nSPS) is 21.6. The summed E-state index contributed by atoms with van der Waals surface area (Å²) in [6.07, 6.45) is 1.26. The van der Waals surface area contributed by atoms with E-state index in [1.54, 1.807) is 7.11 Å². The molecule has 1 N–H and O–H groups in total. The second-order valence-corrected chi connectivity index (χ2v) is 5.59. The van der Waals surface area contributed by atoms with Crippen molar-refractivity contribution in [3.8, 4) is 5.75 Å². The molecule has 4 heteroatoms. The second kappa shape index (κ2) is 7.02. The molecule has 0 saturated carbocycles. The van der Waals surface area contributed by atoms with Gasteiger partial charge in [0.2, 0.25) is 0 Å². The van der Waals surface area contributed by atoms with E-state index >= 15 is 0 Å². The van der Waals surface area contributed by atoms with Crippen molar-refractivity contribution in [2.45, 2.75) is 25.0 Å². The summed E-state index contributed by atoms with van der Waals surface area (Å²) in [5.74, 6) is 2.82. The van der Waals surface area contributed by atoms with E-state index in [2.05, 4.69) is 0 Å². The van der Waals surface area contributed by atoms with Gasteiger partial charge in [-0.25, -0.2) is 0 Å². The lowest BCUT2D eigenvalue weighted by atomic mass is 10.0. The molecule has 1 aromatic rings. The Bertz CT molecular complexity index is 347. The number of hydrogen-bond acceptors (Lipinski definition) is 4. The summed E-state index contributed by atoms with van der Waals surface area (Å²) in [7, 11) is 1.66. The maximum atomic E-state index is 10.1. The van der Waals surface area contributed by atoms with E-state index in [4.69, 9.17) is 9.47 Å². The smallest absolute Gasteiger partial charge is 0.118 e. The van der Waals surface area contributed by atoms with E-state index < -0.39 is 0 Å². The highest BCUT2D eigenvalue weighted by atomic mass is 32.2. The number of aliphatic hydroxyl groups is 1. The molecule has 2 atom stereocenters. The van der Waals surface area contributed by atoms with E-state index in [9.17, 15) is 5.11 Å². The Morgan fingerprint density at radius 1 is 1.44 bits per heavy atom. The molecule has 0 radical (unpaired) electrons. The number of rotatable bonds is 5. The van der Waals surface area contributed by atoms with Crippen molar-refractivity contribution in [1.82, 2.24) is 0 Å². The molecule has 1 aromatic carbocycles. The number of aliphatic hydroxyl groups excluding tert-OH is 1. The minimum Gasteiger partial charge on any atom is -0.497 e. The Morgan fingerprint density at radius 3 is 2.83 bits per heavy atom. The van der Waals surface area contributed by atoms with Crippen molar-refractivity contribution in [3.05, 3.63) is 29.8 Å². The van der Waals surface area contributed by atoms with Crippen molar-refractivity contribution in [1.29, 1.82) is 0 Å². The Hall–Kier alpha value is -0.710. The van der Waals surface area contributed by atoms with Crippen LogP contribution in [0.25, 0.3) is 0 Å². The Balaban J connectivity index is 1.78. The second-order valence-electron chi connectivity index (χ2n) is 4.44. The predicted molar refractivity (Wildman–Crippen MR) is 74.4 cm³/mol. The van der Waals surface area contributed by atoms with Gasteiger partial charge < -0.3 is 14.6 Å². The minimum atomic E-state index is -0.361. The third-order valence-electron chi connectivity index (χ3n) is 3.16. The lowest BCUT2D eigenvalue weighted by Gasteiger charge is -2.26. The molecule has 0 aliphatic carbocycles. The highest BCUT2D eigenvalue weighted by molar-refractivity contribution is 7.99. The fourth-order valence-corrected chi connectivity index (χ4v) is 2.95. The summed E-state index contributed by atoms with van der Waals surface area (Å²) in [6, 6.07) is 7.99. The topological polar surface area (TPSA) is 38.7 Å². The number of methoxy groups -OCH3 is 1. The van der Waals surface area contributed by atoms with Gasteiger partial charge in [-0.2, -0.15) is 11.8 Å². The maximum Gasteiger partial charge on any atom is 0.118 e. The van der Waals surface area contributed by atoms with Gasteiger partial charge in [0, 0.05) is 11.5 Å². The van der Waals surface area contributed by atoms with Crippen LogP contribution in [0.1, 0.15) is 12.0 Å². The van der Waals surface area contributed by atoms with Gasteiger partial charge in [-0.3, -0.25) is 0 Å². The molecular weight excluding hydrogens is 248 g/mol. The molecule has 0 amide bonds. The van der Waals surface area contributed by atoms with E-state index in [0.717, 1.165) is 36.7 Å². The van der Waals surface area contributed by atoms with Gasteiger partial charge in [-0.05, 0) is 30.5 Å². The molecule has 100 valence electrons. The lowest BCUT2D eigenvalue weighted by Crippen LogP contribution is -2.35. The highest BCUT2D eigenvalue weighted by Crippen LogP contribution is 2.19. The summed E-state index contributed by atoms with van der Waals surface area (Å²) in [5, 5.41) is 10.1. The lowest BCUT2D eigenvalue weighted by molar-refractivity contribution is -0.0244. The van der Waals surface area contributed by atoms with E-state index in [-0.39, 0.29) is 12.2 Å². The molecule has 2 unspecified atom stereocenters. The van der Waals surface area contributed by atoms with Crippen LogP contribution in [0.15, 0.2) is 24.3 Å². The first-order chi connectivity index (χ1) is 8.79. The van der Waals surface area contributed by atoms with Crippen molar-refractivity contribution in [3.63, 3.8) is 0 Å². The molecule has 2 rings (SSSR count). The molecule has 0 aromatic heterocycles. The third kappa shape index (κ3) is 3.90. The third-order valence-corrected chi connectivity index (χ3v) is 4.18. The molecule has 1 fully saturated rings.